The van der Waals surface area contributed by atoms with E-state index in [2.05, 4.69) is 15.6 Å². The van der Waals surface area contributed by atoms with Crippen LogP contribution in [0.15, 0.2) is 6.20 Å². The van der Waals surface area contributed by atoms with Gasteiger partial charge in [0, 0.05) is 30.1 Å². The molecule has 1 heterocycles. The number of nitrogens with zero attached hydrogens (tertiary/aromatic N) is 1. The molecule has 3 N–H and O–H groups in total. The van der Waals surface area contributed by atoms with Crippen molar-refractivity contribution in [3.63, 3.8) is 0 Å². The molecule has 1 aliphatic carbocycles. The Labute approximate surface area is 117 Å². The zero-order valence-corrected chi connectivity index (χ0v) is 12.0. The quantitative estimate of drug-likeness (QED) is 0.785. The number of urea groups is 1. The lowest BCUT2D eigenvalue weighted by molar-refractivity contribution is 0.117. The maximum atomic E-state index is 11.7. The van der Waals surface area contributed by atoms with Gasteiger partial charge in [-0.15, -0.1) is 11.3 Å². The number of aromatic nitrogens is 1. The van der Waals surface area contributed by atoms with Gasteiger partial charge in [-0.05, 0) is 32.6 Å². The summed E-state index contributed by atoms with van der Waals surface area (Å²) in [6.07, 6.45) is 5.73. The largest absolute Gasteiger partial charge is 0.393 e. The van der Waals surface area contributed by atoms with Crippen molar-refractivity contribution in [2.45, 2.75) is 51.2 Å². The number of rotatable bonds is 4. The molecule has 0 bridgehead atoms. The van der Waals surface area contributed by atoms with Crippen LogP contribution in [0, 0.1) is 6.92 Å². The van der Waals surface area contributed by atoms with E-state index in [1.165, 1.54) is 4.88 Å². The summed E-state index contributed by atoms with van der Waals surface area (Å²) in [4.78, 5) is 17.1. The average Bonchev–Trinajstić information content (AvgIpc) is 2.78. The van der Waals surface area contributed by atoms with Crippen LogP contribution < -0.4 is 10.6 Å². The van der Waals surface area contributed by atoms with Crippen molar-refractivity contribution in [1.82, 2.24) is 15.6 Å². The van der Waals surface area contributed by atoms with E-state index >= 15 is 0 Å². The molecule has 0 atom stereocenters. The molecule has 6 heteroatoms. The molecule has 1 aliphatic rings. The summed E-state index contributed by atoms with van der Waals surface area (Å²) < 4.78 is 0. The first kappa shape index (κ1) is 14.3. The van der Waals surface area contributed by atoms with Crippen molar-refractivity contribution >= 4 is 17.4 Å². The Morgan fingerprint density at radius 2 is 2.21 bits per heavy atom. The first-order valence-electron chi connectivity index (χ1n) is 6.77. The molecule has 106 valence electrons. The summed E-state index contributed by atoms with van der Waals surface area (Å²) in [6.45, 7) is 2.63. The van der Waals surface area contributed by atoms with Crippen LogP contribution in [0.4, 0.5) is 4.79 Å². The van der Waals surface area contributed by atoms with Crippen LogP contribution in [-0.2, 0) is 6.42 Å². The SMILES string of the molecule is Cc1cnc(CCNC(=O)NC2CCC(O)CC2)s1. The molecule has 19 heavy (non-hydrogen) atoms. The fourth-order valence-corrected chi connectivity index (χ4v) is 3.04. The van der Waals surface area contributed by atoms with E-state index in [-0.39, 0.29) is 18.2 Å². The Balaban J connectivity index is 1.62. The molecule has 2 amide bonds. The smallest absolute Gasteiger partial charge is 0.315 e. The van der Waals surface area contributed by atoms with Crippen LogP contribution in [0.5, 0.6) is 0 Å². The third kappa shape index (κ3) is 4.80. The zero-order chi connectivity index (χ0) is 13.7. The molecule has 0 aliphatic heterocycles. The maximum absolute atomic E-state index is 11.7. The second kappa shape index (κ2) is 6.86. The predicted molar refractivity (Wildman–Crippen MR) is 75.4 cm³/mol. The topological polar surface area (TPSA) is 74.2 Å². The second-order valence-corrected chi connectivity index (χ2v) is 6.34. The van der Waals surface area contributed by atoms with E-state index < -0.39 is 0 Å². The van der Waals surface area contributed by atoms with Gasteiger partial charge in [0.2, 0.25) is 0 Å². The van der Waals surface area contributed by atoms with E-state index in [1.807, 2.05) is 13.1 Å². The number of carbonyl (C=O) groups is 1. The highest BCUT2D eigenvalue weighted by Crippen LogP contribution is 2.18. The molecular weight excluding hydrogens is 262 g/mol. The van der Waals surface area contributed by atoms with Crippen molar-refractivity contribution in [3.8, 4) is 0 Å². The first-order valence-corrected chi connectivity index (χ1v) is 7.59. The van der Waals surface area contributed by atoms with E-state index in [0.717, 1.165) is 37.1 Å². The van der Waals surface area contributed by atoms with Gasteiger partial charge in [0.15, 0.2) is 0 Å². The van der Waals surface area contributed by atoms with Gasteiger partial charge in [0.25, 0.3) is 0 Å². The maximum Gasteiger partial charge on any atom is 0.315 e. The number of aliphatic hydroxyl groups excluding tert-OH is 1. The number of carbonyl (C=O) groups excluding carboxylic acids is 1. The Hall–Kier alpha value is -1.14. The Bertz CT molecular complexity index is 414. The van der Waals surface area contributed by atoms with E-state index in [9.17, 15) is 9.90 Å². The standard InChI is InChI=1S/C13H21N3O2S/c1-9-8-15-12(19-9)6-7-14-13(18)16-10-2-4-11(17)5-3-10/h8,10-11,17H,2-7H2,1H3,(H2,14,16,18). The van der Waals surface area contributed by atoms with Gasteiger partial charge in [-0.25, -0.2) is 9.78 Å². The summed E-state index contributed by atoms with van der Waals surface area (Å²) >= 11 is 1.66. The molecule has 2 rings (SSSR count). The van der Waals surface area contributed by atoms with Crippen molar-refractivity contribution in [1.29, 1.82) is 0 Å². The number of thiazole rings is 1. The lowest BCUT2D eigenvalue weighted by atomic mass is 9.93. The normalized spacial score (nSPS) is 23.1. The Morgan fingerprint density at radius 3 is 2.84 bits per heavy atom. The van der Waals surface area contributed by atoms with E-state index in [0.29, 0.717) is 6.54 Å². The molecule has 5 nitrogen and oxygen atoms in total. The number of hydrogen-bond acceptors (Lipinski definition) is 4. The number of nitrogens with one attached hydrogen (secondary N) is 2. The average molecular weight is 283 g/mol. The fraction of sp³-hybridized carbons (Fsp3) is 0.692. The summed E-state index contributed by atoms with van der Waals surface area (Å²) in [7, 11) is 0. The summed E-state index contributed by atoms with van der Waals surface area (Å²) in [5, 5.41) is 16.3. The van der Waals surface area contributed by atoms with Crippen LogP contribution in [-0.4, -0.2) is 34.8 Å². The molecule has 1 fully saturated rings. The highest BCUT2D eigenvalue weighted by Gasteiger charge is 2.20. The molecule has 1 aromatic rings. The monoisotopic (exact) mass is 283 g/mol. The predicted octanol–water partition coefficient (Wildman–Crippen LogP) is 1.60. The lowest BCUT2D eigenvalue weighted by Crippen LogP contribution is -2.44. The third-order valence-electron chi connectivity index (χ3n) is 3.33. The Kier molecular flexibility index (Phi) is 5.15. The number of aliphatic hydroxyl groups is 1. The van der Waals surface area contributed by atoms with E-state index in [4.69, 9.17) is 0 Å². The van der Waals surface area contributed by atoms with Crippen molar-refractivity contribution < 1.29 is 9.90 Å². The summed E-state index contributed by atoms with van der Waals surface area (Å²) in [5.41, 5.74) is 0. The number of aryl methyl sites for hydroxylation is 1. The summed E-state index contributed by atoms with van der Waals surface area (Å²) in [6, 6.07) is 0.0835. The van der Waals surface area contributed by atoms with Gasteiger partial charge in [-0.3, -0.25) is 0 Å². The van der Waals surface area contributed by atoms with Gasteiger partial charge in [-0.1, -0.05) is 0 Å². The molecule has 0 unspecified atom stereocenters. The highest BCUT2D eigenvalue weighted by molar-refractivity contribution is 7.11. The van der Waals surface area contributed by atoms with Crippen LogP contribution in [0.3, 0.4) is 0 Å². The molecule has 0 aromatic carbocycles. The second-order valence-electron chi connectivity index (χ2n) is 5.02. The number of amides is 2. The molecule has 1 aromatic heterocycles. The van der Waals surface area contributed by atoms with Crippen molar-refractivity contribution in [3.05, 3.63) is 16.1 Å². The van der Waals surface area contributed by atoms with Crippen molar-refractivity contribution in [2.75, 3.05) is 6.54 Å². The van der Waals surface area contributed by atoms with Crippen LogP contribution in [0.25, 0.3) is 0 Å². The van der Waals surface area contributed by atoms with Gasteiger partial charge < -0.3 is 15.7 Å². The highest BCUT2D eigenvalue weighted by atomic mass is 32.1. The third-order valence-corrected chi connectivity index (χ3v) is 4.30. The number of hydrogen-bond donors (Lipinski definition) is 3. The zero-order valence-electron chi connectivity index (χ0n) is 11.2. The first-order chi connectivity index (χ1) is 9.13. The van der Waals surface area contributed by atoms with Gasteiger partial charge in [0.05, 0.1) is 11.1 Å². The van der Waals surface area contributed by atoms with Crippen molar-refractivity contribution in [2.24, 2.45) is 0 Å². The minimum atomic E-state index is -0.186. The molecular formula is C13H21N3O2S. The van der Waals surface area contributed by atoms with Crippen LogP contribution in [0.1, 0.15) is 35.6 Å². The van der Waals surface area contributed by atoms with Gasteiger partial charge in [0.1, 0.15) is 0 Å². The molecule has 0 spiro atoms. The van der Waals surface area contributed by atoms with E-state index in [1.54, 1.807) is 11.3 Å². The Morgan fingerprint density at radius 1 is 1.47 bits per heavy atom. The molecule has 0 radical (unpaired) electrons. The molecule has 0 saturated heterocycles. The minimum absolute atomic E-state index is 0.116. The lowest BCUT2D eigenvalue weighted by Gasteiger charge is -2.26. The summed E-state index contributed by atoms with van der Waals surface area (Å²) in [5.74, 6) is 0. The van der Waals surface area contributed by atoms with Gasteiger partial charge >= 0.3 is 6.03 Å². The minimum Gasteiger partial charge on any atom is -0.393 e. The fourth-order valence-electron chi connectivity index (χ4n) is 2.26. The van der Waals surface area contributed by atoms with Gasteiger partial charge in [-0.2, -0.15) is 0 Å². The van der Waals surface area contributed by atoms with Crippen LogP contribution in [0.2, 0.25) is 0 Å². The molecule has 1 saturated carbocycles. The van der Waals surface area contributed by atoms with Crippen LogP contribution >= 0.6 is 11.3 Å².